The number of benzene rings is 1. The minimum atomic E-state index is -1.28. The van der Waals surface area contributed by atoms with Gasteiger partial charge < -0.3 is 10.4 Å². The number of phenols is 1. The zero-order valence-corrected chi connectivity index (χ0v) is 15.7. The average molecular weight is 398 g/mol. The molecule has 13 heteroatoms. The van der Waals surface area contributed by atoms with Crippen LogP contribution in [0.1, 0.15) is 40.5 Å². The number of rotatable bonds is 5. The third-order valence-corrected chi connectivity index (χ3v) is 4.75. The Kier molecular flexibility index (Phi) is 5.18. The van der Waals surface area contributed by atoms with Crippen LogP contribution in [0, 0.1) is 30.3 Å². The maximum Gasteiger partial charge on any atom is 0.348 e. The number of piperidine rings is 1. The second-order valence-electron chi connectivity index (χ2n) is 7.93. The van der Waals surface area contributed by atoms with Crippen molar-refractivity contribution in [2.45, 2.75) is 57.7 Å². The number of hydroxylamine groups is 2. The number of hydrogen-bond acceptors (Lipinski definition) is 9. The lowest BCUT2D eigenvalue weighted by Gasteiger charge is -2.50. The summed E-state index contributed by atoms with van der Waals surface area (Å²) in [7, 11) is 0. The SMILES string of the molecule is CC1(C)CC(Nc2c([N+](=O)[O-])cc([N+](=O)[O-])c(O)c2[N+](=O)[O-])CC(C)(C)N1[O]. The minimum absolute atomic E-state index is 0.200. The van der Waals surface area contributed by atoms with Gasteiger partial charge in [0.25, 0.3) is 5.75 Å². The molecular formula is C15H20N5O8. The van der Waals surface area contributed by atoms with E-state index in [4.69, 9.17) is 0 Å². The molecular weight excluding hydrogens is 378 g/mol. The standard InChI is InChI=1S/C15H20N5O8/c1-14(2)6-8(7-15(3,4)20(14)28)16-11-9(17(22)23)5-10(18(24)25)13(21)12(11)19(26)27/h5,8,16,21H,6-7H2,1-4H3. The van der Waals surface area contributed by atoms with Crippen LogP contribution in [-0.2, 0) is 5.21 Å². The number of hydrogen-bond donors (Lipinski definition) is 2. The number of nitrogens with zero attached hydrogens (tertiary/aromatic N) is 4. The Hall–Kier alpha value is -3.06. The molecule has 13 nitrogen and oxygen atoms in total. The van der Waals surface area contributed by atoms with Gasteiger partial charge in [-0.25, -0.2) is 0 Å². The van der Waals surface area contributed by atoms with Gasteiger partial charge in [0.15, 0.2) is 5.69 Å². The molecule has 2 N–H and O–H groups in total. The van der Waals surface area contributed by atoms with Crippen LogP contribution < -0.4 is 5.32 Å². The molecule has 28 heavy (non-hydrogen) atoms. The van der Waals surface area contributed by atoms with E-state index < -0.39 is 60.4 Å². The molecule has 1 aromatic carbocycles. The Bertz CT molecular complexity index is 835. The summed E-state index contributed by atoms with van der Waals surface area (Å²) in [6.45, 7) is 6.69. The largest absolute Gasteiger partial charge is 0.497 e. The van der Waals surface area contributed by atoms with Gasteiger partial charge in [0.1, 0.15) is 6.07 Å². The third kappa shape index (κ3) is 3.66. The Morgan fingerprint density at radius 3 is 1.86 bits per heavy atom. The van der Waals surface area contributed by atoms with Crippen LogP contribution >= 0.6 is 0 Å². The van der Waals surface area contributed by atoms with Gasteiger partial charge >= 0.3 is 17.1 Å². The molecule has 1 aliphatic rings. The summed E-state index contributed by atoms with van der Waals surface area (Å²) in [5.74, 6) is -1.28. The first kappa shape index (κ1) is 21.2. The highest BCUT2D eigenvalue weighted by atomic mass is 16.6. The second kappa shape index (κ2) is 6.83. The fourth-order valence-electron chi connectivity index (χ4n) is 3.80. The molecule has 0 saturated carbocycles. The molecule has 0 bridgehead atoms. The molecule has 1 aliphatic heterocycles. The van der Waals surface area contributed by atoms with Crippen LogP contribution in [0.4, 0.5) is 22.7 Å². The number of phenolic OH excluding ortho intramolecular Hbond substituents is 1. The first-order valence-electron chi connectivity index (χ1n) is 8.26. The van der Waals surface area contributed by atoms with E-state index in [0.29, 0.717) is 6.07 Å². The molecule has 0 atom stereocenters. The maximum atomic E-state index is 12.4. The summed E-state index contributed by atoms with van der Waals surface area (Å²) < 4.78 is 0. The van der Waals surface area contributed by atoms with E-state index in [1.807, 2.05) is 0 Å². The molecule has 1 heterocycles. The van der Waals surface area contributed by atoms with Crippen molar-refractivity contribution < 1.29 is 25.1 Å². The Labute approximate surface area is 159 Å². The van der Waals surface area contributed by atoms with E-state index in [9.17, 15) is 40.7 Å². The number of anilines is 1. The van der Waals surface area contributed by atoms with Gasteiger partial charge in [-0.05, 0) is 40.5 Å². The van der Waals surface area contributed by atoms with Crippen molar-refractivity contribution in [3.05, 3.63) is 36.4 Å². The van der Waals surface area contributed by atoms with Gasteiger partial charge in [0.2, 0.25) is 0 Å². The third-order valence-electron chi connectivity index (χ3n) is 4.75. The smallest absolute Gasteiger partial charge is 0.348 e. The van der Waals surface area contributed by atoms with Crippen LogP contribution in [0.5, 0.6) is 5.75 Å². The molecule has 2 rings (SSSR count). The summed E-state index contributed by atoms with van der Waals surface area (Å²) in [6.07, 6.45) is 0.401. The van der Waals surface area contributed by atoms with Crippen molar-refractivity contribution in [2.24, 2.45) is 0 Å². The predicted molar refractivity (Wildman–Crippen MR) is 95.4 cm³/mol. The average Bonchev–Trinajstić information content (AvgIpc) is 2.51. The van der Waals surface area contributed by atoms with E-state index in [0.717, 1.165) is 5.06 Å². The molecule has 1 saturated heterocycles. The van der Waals surface area contributed by atoms with Crippen LogP contribution in [0.15, 0.2) is 6.07 Å². The van der Waals surface area contributed by atoms with E-state index in [-0.39, 0.29) is 12.8 Å². The van der Waals surface area contributed by atoms with Gasteiger partial charge in [-0.15, -0.1) is 10.3 Å². The van der Waals surface area contributed by atoms with Crippen LogP contribution in [0.2, 0.25) is 0 Å². The molecule has 0 amide bonds. The van der Waals surface area contributed by atoms with Gasteiger partial charge in [0, 0.05) is 17.1 Å². The highest BCUT2D eigenvalue weighted by Gasteiger charge is 2.47. The topological polar surface area (TPSA) is 185 Å². The molecule has 0 aliphatic carbocycles. The zero-order chi connectivity index (χ0) is 21.6. The van der Waals surface area contributed by atoms with E-state index in [1.54, 1.807) is 27.7 Å². The van der Waals surface area contributed by atoms with Crippen molar-refractivity contribution in [1.82, 2.24) is 5.06 Å². The highest BCUT2D eigenvalue weighted by Crippen LogP contribution is 2.48. The van der Waals surface area contributed by atoms with Gasteiger partial charge in [0.05, 0.1) is 14.8 Å². The first-order chi connectivity index (χ1) is 12.7. The molecule has 1 aromatic rings. The molecule has 0 spiro atoms. The second-order valence-corrected chi connectivity index (χ2v) is 7.93. The zero-order valence-electron chi connectivity index (χ0n) is 15.7. The van der Waals surface area contributed by atoms with Gasteiger partial charge in [-0.2, -0.15) is 0 Å². The summed E-state index contributed by atoms with van der Waals surface area (Å²) in [5.41, 5.74) is -5.57. The number of nitro groups is 3. The van der Waals surface area contributed by atoms with Crippen molar-refractivity contribution in [3.63, 3.8) is 0 Å². The number of aromatic hydroxyl groups is 1. The summed E-state index contributed by atoms with van der Waals surface area (Å²) in [4.78, 5) is 30.6. The monoisotopic (exact) mass is 398 g/mol. The summed E-state index contributed by atoms with van der Waals surface area (Å²) >= 11 is 0. The van der Waals surface area contributed by atoms with Gasteiger partial charge in [-0.3, -0.25) is 30.3 Å². The molecule has 153 valence electrons. The normalized spacial score (nSPS) is 19.2. The quantitative estimate of drug-likeness (QED) is 0.555. The highest BCUT2D eigenvalue weighted by molar-refractivity contribution is 5.83. The van der Waals surface area contributed by atoms with Crippen molar-refractivity contribution >= 4 is 22.7 Å². The van der Waals surface area contributed by atoms with Crippen LogP contribution in [0.3, 0.4) is 0 Å². The van der Waals surface area contributed by atoms with E-state index >= 15 is 0 Å². The lowest BCUT2D eigenvalue weighted by atomic mass is 9.79. The summed E-state index contributed by atoms with van der Waals surface area (Å²) in [6, 6.07) is -0.114. The number of nitrogens with one attached hydrogen (secondary N) is 1. The molecule has 0 unspecified atom stereocenters. The fraction of sp³-hybridized carbons (Fsp3) is 0.600. The van der Waals surface area contributed by atoms with E-state index in [2.05, 4.69) is 5.32 Å². The Morgan fingerprint density at radius 2 is 1.46 bits per heavy atom. The lowest BCUT2D eigenvalue weighted by molar-refractivity contribution is -0.403. The van der Waals surface area contributed by atoms with Gasteiger partial charge in [-0.1, -0.05) is 0 Å². The Morgan fingerprint density at radius 1 is 1.00 bits per heavy atom. The predicted octanol–water partition coefficient (Wildman–Crippen LogP) is 2.90. The minimum Gasteiger partial charge on any atom is -0.497 e. The maximum absolute atomic E-state index is 12.4. The molecule has 0 aromatic heterocycles. The first-order valence-corrected chi connectivity index (χ1v) is 8.26. The summed E-state index contributed by atoms with van der Waals surface area (Å²) in [5, 5.41) is 59.9. The fourth-order valence-corrected chi connectivity index (χ4v) is 3.80. The number of nitro benzene ring substituents is 3. The van der Waals surface area contributed by atoms with Crippen molar-refractivity contribution in [1.29, 1.82) is 0 Å². The molecule has 1 fully saturated rings. The lowest BCUT2D eigenvalue weighted by Crippen LogP contribution is -2.60. The van der Waals surface area contributed by atoms with Crippen LogP contribution in [0.25, 0.3) is 0 Å². The van der Waals surface area contributed by atoms with E-state index in [1.165, 1.54) is 0 Å². The van der Waals surface area contributed by atoms with Crippen molar-refractivity contribution in [2.75, 3.05) is 5.32 Å². The van der Waals surface area contributed by atoms with Crippen LogP contribution in [-0.4, -0.2) is 42.1 Å². The molecule has 1 radical (unpaired) electrons. The van der Waals surface area contributed by atoms with Crippen molar-refractivity contribution in [3.8, 4) is 5.75 Å². The Balaban J connectivity index is 2.62.